The van der Waals surface area contributed by atoms with Crippen LogP contribution < -0.4 is 14.4 Å². The summed E-state index contributed by atoms with van der Waals surface area (Å²) in [6.45, 7) is 9.63. The lowest BCUT2D eigenvalue weighted by atomic mass is 9.94. The molecule has 3 aromatic carbocycles. The second-order valence-corrected chi connectivity index (χ2v) is 11.1. The Bertz CT molecular complexity index is 1790. The minimum atomic E-state index is -3.11. The van der Waals surface area contributed by atoms with Crippen LogP contribution in [0.2, 0.25) is 0 Å². The monoisotopic (exact) mass is 722 g/mol. The van der Waals surface area contributed by atoms with Crippen LogP contribution in [0.25, 0.3) is 11.1 Å². The molecule has 0 saturated heterocycles. The molecule has 0 N–H and O–H groups in total. The molecule has 0 amide bonds. The van der Waals surface area contributed by atoms with Crippen LogP contribution in [-0.4, -0.2) is 63.3 Å². The van der Waals surface area contributed by atoms with Gasteiger partial charge in [-0.25, -0.2) is 4.58 Å². The fourth-order valence-electron chi connectivity index (χ4n) is 5.38. The first-order valence-corrected chi connectivity index (χ1v) is 17.4. The van der Waals surface area contributed by atoms with E-state index in [1.165, 1.54) is 22.5 Å². The molecule has 0 atom stereocenters. The lowest BCUT2D eigenvalue weighted by Crippen LogP contribution is -2.21. The molecule has 0 bridgehead atoms. The predicted octanol–water partition coefficient (Wildman–Crippen LogP) is 8.95. The van der Waals surface area contributed by atoms with E-state index in [0.717, 1.165) is 60.0 Å². The molecule has 51 heavy (non-hydrogen) atoms. The lowest BCUT2D eigenvalue weighted by molar-refractivity contribution is -0.519. The maximum Gasteiger partial charge on any atom is 0.425 e. The molecule has 0 saturated carbocycles. The molecule has 4 rings (SSSR count). The number of hydrogen-bond donors (Lipinski definition) is 0. The zero-order chi connectivity index (χ0) is 37.8. The Labute approximate surface area is 301 Å². The van der Waals surface area contributed by atoms with Gasteiger partial charge in [0.1, 0.15) is 24.6 Å². The summed E-state index contributed by atoms with van der Waals surface area (Å²) < 4.78 is 67.3. The first-order valence-electron chi connectivity index (χ1n) is 16.4. The van der Waals surface area contributed by atoms with Gasteiger partial charge in [-0.1, -0.05) is 54.6 Å². The van der Waals surface area contributed by atoms with E-state index in [2.05, 4.69) is 128 Å². The molecule has 0 aliphatic heterocycles. The van der Waals surface area contributed by atoms with Gasteiger partial charge in [0.05, 0.1) is 14.2 Å². The maximum absolute atomic E-state index is 9.58. The summed E-state index contributed by atoms with van der Waals surface area (Å²) in [6.07, 6.45) is 15.5. The third-order valence-corrected chi connectivity index (χ3v) is 7.94. The number of benzene rings is 3. The number of methoxy groups -OCH3 is 2. The second kappa shape index (κ2) is 22.5. The zero-order valence-corrected chi connectivity index (χ0v) is 30.6. The summed E-state index contributed by atoms with van der Waals surface area (Å²) in [5.41, 5.74) is 9.38. The van der Waals surface area contributed by atoms with E-state index >= 15 is 0 Å². The highest BCUT2D eigenvalue weighted by Gasteiger charge is 2.12. The van der Waals surface area contributed by atoms with Gasteiger partial charge in [0.2, 0.25) is 0 Å². The molecule has 1 aliphatic carbocycles. The van der Waals surface area contributed by atoms with Gasteiger partial charge < -0.3 is 27.5 Å². The van der Waals surface area contributed by atoms with Gasteiger partial charge in [-0.05, 0) is 110 Å². The minimum absolute atomic E-state index is 0.846. The van der Waals surface area contributed by atoms with Crippen LogP contribution in [0, 0.1) is 6.68 Å². The van der Waals surface area contributed by atoms with Gasteiger partial charge >= 0.3 is 10.6 Å². The highest BCUT2D eigenvalue weighted by Crippen LogP contribution is 2.30. The zero-order valence-electron chi connectivity index (χ0n) is 29.8. The van der Waals surface area contributed by atoms with Gasteiger partial charge in [0, 0.05) is 30.9 Å². The van der Waals surface area contributed by atoms with Crippen molar-refractivity contribution in [2.75, 3.05) is 45.3 Å². The van der Waals surface area contributed by atoms with Crippen LogP contribution in [0.3, 0.4) is 0 Å². The minimum Gasteiger partial charge on any atom is -0.497 e. The van der Waals surface area contributed by atoms with Crippen molar-refractivity contribution in [3.05, 3.63) is 144 Å². The van der Waals surface area contributed by atoms with E-state index < -0.39 is 17.3 Å². The topological polar surface area (TPSA) is 75.9 Å². The van der Waals surface area contributed by atoms with E-state index in [4.69, 9.17) is 22.1 Å². The highest BCUT2D eigenvalue weighted by atomic mass is 32.2. The smallest absolute Gasteiger partial charge is 0.425 e. The number of ether oxygens (including phenoxy) is 2. The number of allylic oxidation sites excluding steroid dienone is 9. The first-order chi connectivity index (χ1) is 24.5. The van der Waals surface area contributed by atoms with E-state index in [1.807, 2.05) is 24.3 Å². The van der Waals surface area contributed by atoms with Crippen LogP contribution >= 0.6 is 0 Å². The van der Waals surface area contributed by atoms with Crippen LogP contribution in [-0.2, 0) is 10.6 Å². The van der Waals surface area contributed by atoms with Crippen molar-refractivity contribution < 1.29 is 39.8 Å². The summed E-state index contributed by atoms with van der Waals surface area (Å²) in [7, 11) is 0.289. The molecule has 272 valence electrons. The molecule has 7 nitrogen and oxygen atoms in total. The Morgan fingerprint density at radius 2 is 1.12 bits per heavy atom. The van der Waals surface area contributed by atoms with Crippen molar-refractivity contribution in [1.82, 2.24) is 0 Å². The molecule has 0 fully saturated rings. The summed E-state index contributed by atoms with van der Waals surface area (Å²) in [4.78, 5) is 2.36. The van der Waals surface area contributed by atoms with Crippen molar-refractivity contribution in [2.45, 2.75) is 27.7 Å². The quantitative estimate of drug-likeness (QED) is 0.106. The van der Waals surface area contributed by atoms with Crippen molar-refractivity contribution >= 4 is 33.2 Å². The Hall–Kier alpha value is -5.16. The molecule has 3 aromatic rings. The van der Waals surface area contributed by atoms with Crippen molar-refractivity contribution in [2.24, 2.45) is 0 Å². The molecule has 11 heteroatoms. The Morgan fingerprint density at radius 3 is 1.51 bits per heavy atom. The molecule has 0 radical (unpaired) electrons. The summed E-state index contributed by atoms with van der Waals surface area (Å²) in [5, 5.41) is 0. The third kappa shape index (κ3) is 13.9. The molecule has 0 heterocycles. The Balaban J connectivity index is 0.00000102. The maximum atomic E-state index is 9.58. The van der Waals surface area contributed by atoms with Crippen molar-refractivity contribution in [1.29, 1.82) is 0 Å². The van der Waals surface area contributed by atoms with E-state index in [-0.39, 0.29) is 0 Å². The number of hydrogen-bond acceptors (Lipinski definition) is 6. The average Bonchev–Trinajstić information content (AvgIpc) is 3.13. The number of rotatable bonds is 12. The number of nitrogens with zero attached hydrogens (tertiary/aromatic N) is 2. The first kappa shape index (κ1) is 42.0. The molecule has 0 aromatic heterocycles. The van der Waals surface area contributed by atoms with Crippen molar-refractivity contribution in [3.63, 3.8) is 0 Å². The van der Waals surface area contributed by atoms with Crippen molar-refractivity contribution in [3.8, 4) is 11.5 Å². The highest BCUT2D eigenvalue weighted by molar-refractivity contribution is 7.59. The molecule has 0 spiro atoms. The predicted molar refractivity (Wildman–Crippen MR) is 200 cm³/mol. The third-order valence-electron chi connectivity index (χ3n) is 7.94. The Morgan fingerprint density at radius 1 is 0.706 bits per heavy atom. The van der Waals surface area contributed by atoms with Gasteiger partial charge in [0.15, 0.2) is 12.4 Å². The van der Waals surface area contributed by atoms with Crippen LogP contribution in [0.1, 0.15) is 44.4 Å². The van der Waals surface area contributed by atoms with Crippen LogP contribution in [0.15, 0.2) is 121 Å². The largest absolute Gasteiger partial charge is 0.497 e. The van der Waals surface area contributed by atoms with Gasteiger partial charge in [0.25, 0.3) is 0 Å². The molecular weight excluding hydrogens is 678 g/mol. The Kier molecular flexibility index (Phi) is 18.6. The SMILES string of the molecule is CCN(CC)c1ccc(/C(=C\C=C\C(=C2C=CC(=[N+](CC)CC)C=C2)c2ccc(OC)cc2)c2ccc(OC)cc2)cc1.F[C-](F)F.O=S(=O)=O. The van der Waals surface area contributed by atoms with Gasteiger partial charge in [-0.15, -0.1) is 12.6 Å². The second-order valence-electron chi connectivity index (χ2n) is 10.7. The molecule has 1 aliphatic rings. The van der Waals surface area contributed by atoms with Gasteiger partial charge in [-0.2, -0.15) is 0 Å². The fraction of sp³-hybridized carbons (Fsp3) is 0.250. The number of halogens is 3. The summed E-state index contributed by atoms with van der Waals surface area (Å²) >= 11 is 0. The molecular formula is C40H45F3N2O5S. The average molecular weight is 723 g/mol. The van der Waals surface area contributed by atoms with Crippen LogP contribution in [0.5, 0.6) is 11.5 Å². The summed E-state index contributed by atoms with van der Waals surface area (Å²) in [6, 6.07) is 25.4. The summed E-state index contributed by atoms with van der Waals surface area (Å²) in [5.74, 6) is 1.69. The van der Waals surface area contributed by atoms with E-state index in [0.29, 0.717) is 0 Å². The molecule has 0 unspecified atom stereocenters. The number of anilines is 1. The normalized spacial score (nSPS) is 12.2. The van der Waals surface area contributed by atoms with Crippen LogP contribution in [0.4, 0.5) is 18.9 Å². The van der Waals surface area contributed by atoms with Gasteiger partial charge in [-0.3, -0.25) is 0 Å². The van der Waals surface area contributed by atoms with E-state index in [9.17, 15) is 13.2 Å². The van der Waals surface area contributed by atoms with E-state index in [1.54, 1.807) is 14.2 Å². The fourth-order valence-corrected chi connectivity index (χ4v) is 5.38. The standard InChI is InChI=1S/C39H45N2O2.CF3.O3S/c1-7-40(8-2)34-22-14-30(15-23-34)38(32-18-26-36(42-5)27-19-32)12-11-13-39(33-20-28-37(43-6)29-21-33)31-16-24-35(25-17-31)41(9-3)10-4;2-1(3)4;1-4(2)3/h11-29H,7-10H2,1-6H3;;/q+1;-1;. The lowest BCUT2D eigenvalue weighted by Gasteiger charge is -2.21.